The molecule has 4 aromatic carbocycles. The molecule has 0 N–H and O–H groups in total. The zero-order chi connectivity index (χ0) is 26.2. The number of para-hydroxylation sites is 1. The van der Waals surface area contributed by atoms with Crippen LogP contribution in [0, 0.1) is 17.1 Å². The second kappa shape index (κ2) is 11.8. The maximum atomic E-state index is 14.4. The van der Waals surface area contributed by atoms with Crippen LogP contribution in [-0.2, 0) is 19.5 Å². The van der Waals surface area contributed by atoms with E-state index in [4.69, 9.17) is 10.00 Å². The highest BCUT2D eigenvalue weighted by Gasteiger charge is 2.14. The molecule has 0 unspecified atom stereocenters. The summed E-state index contributed by atoms with van der Waals surface area (Å²) in [5, 5.41) is 17.6. The van der Waals surface area contributed by atoms with Crippen LogP contribution in [0.25, 0.3) is 0 Å². The van der Waals surface area contributed by atoms with Crippen molar-refractivity contribution in [2.45, 2.75) is 19.5 Å². The van der Waals surface area contributed by atoms with Crippen LogP contribution in [-0.4, -0.2) is 21.3 Å². The van der Waals surface area contributed by atoms with Crippen LogP contribution in [0.1, 0.15) is 22.5 Å². The Morgan fingerprint density at radius 3 is 2.29 bits per heavy atom. The van der Waals surface area contributed by atoms with Crippen LogP contribution < -0.4 is 9.64 Å². The Labute approximate surface area is 221 Å². The number of rotatable bonds is 10. The summed E-state index contributed by atoms with van der Waals surface area (Å²) in [6, 6.07) is 34.0. The largest absolute Gasteiger partial charge is 0.457 e. The topological polar surface area (TPSA) is 67.0 Å². The second-order valence-corrected chi connectivity index (χ2v) is 8.86. The Hall–Kier alpha value is -4.96. The molecule has 38 heavy (non-hydrogen) atoms. The zero-order valence-electron chi connectivity index (χ0n) is 20.7. The minimum atomic E-state index is -0.206. The van der Waals surface area contributed by atoms with E-state index in [1.807, 2.05) is 83.4 Å². The molecule has 7 heteroatoms. The molecule has 0 saturated heterocycles. The molecule has 188 valence electrons. The van der Waals surface area contributed by atoms with Gasteiger partial charge in [0.2, 0.25) is 0 Å². The second-order valence-electron chi connectivity index (χ2n) is 8.86. The molecule has 0 saturated carbocycles. The first-order valence-corrected chi connectivity index (χ1v) is 12.3. The lowest BCUT2D eigenvalue weighted by atomic mass is 10.1. The molecule has 1 heterocycles. The van der Waals surface area contributed by atoms with Gasteiger partial charge in [-0.15, -0.1) is 10.2 Å². The van der Waals surface area contributed by atoms with E-state index in [2.05, 4.69) is 21.2 Å². The summed E-state index contributed by atoms with van der Waals surface area (Å²) in [7, 11) is 0. The standard InChI is InChI=1S/C31H26FN5O/c32-30-9-5-4-6-26(30)18-19-36(27-14-16-29(17-15-27)38-28-7-2-1-3-8-28)22-31-35-34-23-37(31)21-25-12-10-24(20-33)11-13-25/h1-17,23H,18-19,21-22H2. The molecule has 6 nitrogen and oxygen atoms in total. The number of hydrogen-bond donors (Lipinski definition) is 0. The third kappa shape index (κ3) is 6.23. The van der Waals surface area contributed by atoms with Crippen LogP contribution in [0.15, 0.2) is 109 Å². The van der Waals surface area contributed by atoms with Crippen molar-refractivity contribution in [1.29, 1.82) is 5.26 Å². The Balaban J connectivity index is 1.36. The Morgan fingerprint density at radius 1 is 0.842 bits per heavy atom. The molecule has 0 aliphatic carbocycles. The highest BCUT2D eigenvalue weighted by Crippen LogP contribution is 2.26. The van der Waals surface area contributed by atoms with Crippen molar-refractivity contribution in [2.24, 2.45) is 0 Å². The summed E-state index contributed by atoms with van der Waals surface area (Å²) in [5.41, 5.74) is 3.30. The quantitative estimate of drug-likeness (QED) is 0.221. The van der Waals surface area contributed by atoms with Crippen molar-refractivity contribution >= 4 is 5.69 Å². The minimum Gasteiger partial charge on any atom is -0.457 e. The number of hydrogen-bond acceptors (Lipinski definition) is 5. The van der Waals surface area contributed by atoms with Gasteiger partial charge in [0.15, 0.2) is 5.82 Å². The van der Waals surface area contributed by atoms with E-state index in [9.17, 15) is 4.39 Å². The van der Waals surface area contributed by atoms with Gasteiger partial charge >= 0.3 is 0 Å². The van der Waals surface area contributed by atoms with Crippen LogP contribution in [0.5, 0.6) is 11.5 Å². The first kappa shape index (κ1) is 24.7. The molecule has 0 spiro atoms. The van der Waals surface area contributed by atoms with E-state index in [0.717, 1.165) is 28.6 Å². The highest BCUT2D eigenvalue weighted by molar-refractivity contribution is 5.50. The minimum absolute atomic E-state index is 0.206. The average molecular weight is 504 g/mol. The van der Waals surface area contributed by atoms with Gasteiger partial charge in [0.25, 0.3) is 0 Å². The van der Waals surface area contributed by atoms with E-state index in [1.54, 1.807) is 24.5 Å². The van der Waals surface area contributed by atoms with Crippen LogP contribution in [0.3, 0.4) is 0 Å². The molecule has 0 fully saturated rings. The van der Waals surface area contributed by atoms with Crippen molar-refractivity contribution in [2.75, 3.05) is 11.4 Å². The Morgan fingerprint density at radius 2 is 1.55 bits per heavy atom. The van der Waals surface area contributed by atoms with Gasteiger partial charge in [-0.2, -0.15) is 5.26 Å². The predicted octanol–water partition coefficient (Wildman–Crippen LogP) is 6.38. The monoisotopic (exact) mass is 503 g/mol. The van der Waals surface area contributed by atoms with Crippen molar-refractivity contribution in [3.05, 3.63) is 138 Å². The lowest BCUT2D eigenvalue weighted by Crippen LogP contribution is -2.27. The fourth-order valence-electron chi connectivity index (χ4n) is 4.19. The summed E-state index contributed by atoms with van der Waals surface area (Å²) >= 11 is 0. The van der Waals surface area contributed by atoms with Crippen LogP contribution >= 0.6 is 0 Å². The van der Waals surface area contributed by atoms with Crippen molar-refractivity contribution in [3.8, 4) is 17.6 Å². The molecule has 5 rings (SSSR count). The molecule has 0 amide bonds. The van der Waals surface area contributed by atoms with Gasteiger partial charge in [-0.25, -0.2) is 4.39 Å². The smallest absolute Gasteiger partial charge is 0.152 e. The van der Waals surface area contributed by atoms with Crippen molar-refractivity contribution in [1.82, 2.24) is 14.8 Å². The van der Waals surface area contributed by atoms with E-state index in [-0.39, 0.29) is 5.82 Å². The number of nitriles is 1. The SMILES string of the molecule is N#Cc1ccc(Cn2cnnc2CN(CCc2ccccc2F)c2ccc(Oc3ccccc3)cc2)cc1. The third-order valence-corrected chi connectivity index (χ3v) is 6.25. The molecule has 0 bridgehead atoms. The lowest BCUT2D eigenvalue weighted by molar-refractivity contribution is 0.482. The van der Waals surface area contributed by atoms with E-state index in [0.29, 0.717) is 37.2 Å². The van der Waals surface area contributed by atoms with Gasteiger partial charge in [0, 0.05) is 12.2 Å². The molecular formula is C31H26FN5O. The predicted molar refractivity (Wildman–Crippen MR) is 144 cm³/mol. The molecule has 0 aliphatic rings. The van der Waals surface area contributed by atoms with Gasteiger partial charge in [-0.05, 0) is 72.1 Å². The summed E-state index contributed by atoms with van der Waals surface area (Å²) in [4.78, 5) is 2.16. The first-order chi connectivity index (χ1) is 18.7. The summed E-state index contributed by atoms with van der Waals surface area (Å²) in [6.07, 6.45) is 2.25. The number of halogens is 1. The van der Waals surface area contributed by atoms with Crippen molar-refractivity contribution < 1.29 is 9.13 Å². The molecule has 1 aromatic heterocycles. The van der Waals surface area contributed by atoms with E-state index < -0.39 is 0 Å². The lowest BCUT2D eigenvalue weighted by Gasteiger charge is -2.25. The fourth-order valence-corrected chi connectivity index (χ4v) is 4.19. The Kier molecular flexibility index (Phi) is 7.71. The highest BCUT2D eigenvalue weighted by atomic mass is 19.1. The van der Waals surface area contributed by atoms with E-state index >= 15 is 0 Å². The average Bonchev–Trinajstić information content (AvgIpc) is 3.39. The summed E-state index contributed by atoms with van der Waals surface area (Å²) in [5.74, 6) is 2.08. The van der Waals surface area contributed by atoms with Gasteiger partial charge in [0.05, 0.1) is 24.7 Å². The third-order valence-electron chi connectivity index (χ3n) is 6.25. The van der Waals surface area contributed by atoms with Crippen LogP contribution in [0.2, 0.25) is 0 Å². The maximum Gasteiger partial charge on any atom is 0.152 e. The zero-order valence-corrected chi connectivity index (χ0v) is 20.7. The molecule has 0 aliphatic heterocycles. The number of benzene rings is 4. The van der Waals surface area contributed by atoms with Crippen molar-refractivity contribution in [3.63, 3.8) is 0 Å². The summed E-state index contributed by atoms with van der Waals surface area (Å²) < 4.78 is 22.3. The van der Waals surface area contributed by atoms with Crippen LogP contribution in [0.4, 0.5) is 10.1 Å². The number of anilines is 1. The molecule has 0 atom stereocenters. The maximum absolute atomic E-state index is 14.4. The number of aromatic nitrogens is 3. The normalized spacial score (nSPS) is 10.6. The fraction of sp³-hybridized carbons (Fsp3) is 0.129. The number of ether oxygens (including phenoxy) is 1. The molecular weight excluding hydrogens is 477 g/mol. The molecule has 5 aromatic rings. The molecule has 0 radical (unpaired) electrons. The first-order valence-electron chi connectivity index (χ1n) is 12.3. The van der Waals surface area contributed by atoms with Gasteiger partial charge in [-0.3, -0.25) is 0 Å². The number of nitrogens with zero attached hydrogens (tertiary/aromatic N) is 5. The van der Waals surface area contributed by atoms with Gasteiger partial charge in [0.1, 0.15) is 23.6 Å². The Bertz CT molecular complexity index is 1510. The van der Waals surface area contributed by atoms with E-state index in [1.165, 1.54) is 6.07 Å². The van der Waals surface area contributed by atoms with Gasteiger partial charge in [-0.1, -0.05) is 48.5 Å². The van der Waals surface area contributed by atoms with Gasteiger partial charge < -0.3 is 14.2 Å². The summed E-state index contributed by atoms with van der Waals surface area (Å²) in [6.45, 7) is 1.66.